The van der Waals surface area contributed by atoms with Crippen LogP contribution in [0, 0.1) is 0 Å². The van der Waals surface area contributed by atoms with Crippen LogP contribution in [0.4, 0.5) is 11.4 Å². The van der Waals surface area contributed by atoms with Crippen LogP contribution in [0.2, 0.25) is 5.02 Å². The lowest BCUT2D eigenvalue weighted by molar-refractivity contribution is 0.0949. The molecule has 3 aromatic rings. The van der Waals surface area contributed by atoms with Gasteiger partial charge in [0.1, 0.15) is 11.4 Å². The number of pyridine rings is 1. The van der Waals surface area contributed by atoms with Crippen LogP contribution >= 0.6 is 11.6 Å². The largest absolute Gasteiger partial charge is 0.497 e. The monoisotopic (exact) mass is 381 g/mol. The van der Waals surface area contributed by atoms with Crippen LogP contribution in [-0.4, -0.2) is 24.5 Å². The van der Waals surface area contributed by atoms with Crippen molar-refractivity contribution in [2.45, 2.75) is 6.42 Å². The fraction of sp³-hybridized carbons (Fsp3) is 0.143. The summed E-state index contributed by atoms with van der Waals surface area (Å²) in [4.78, 5) is 16.4. The van der Waals surface area contributed by atoms with E-state index in [0.717, 1.165) is 22.7 Å². The quantitative estimate of drug-likeness (QED) is 0.634. The minimum atomic E-state index is -0.201. The number of rotatable bonds is 7. The molecule has 0 aliphatic rings. The van der Waals surface area contributed by atoms with Crippen molar-refractivity contribution in [2.24, 2.45) is 0 Å². The molecule has 0 saturated carbocycles. The molecule has 27 heavy (non-hydrogen) atoms. The molecule has 0 aliphatic carbocycles. The van der Waals surface area contributed by atoms with E-state index in [9.17, 15) is 4.79 Å². The van der Waals surface area contributed by atoms with Gasteiger partial charge in [-0.25, -0.2) is 4.98 Å². The van der Waals surface area contributed by atoms with E-state index in [-0.39, 0.29) is 5.91 Å². The molecule has 0 aliphatic heterocycles. The van der Waals surface area contributed by atoms with Crippen LogP contribution < -0.4 is 15.4 Å². The van der Waals surface area contributed by atoms with E-state index in [1.807, 2.05) is 54.6 Å². The number of halogens is 1. The van der Waals surface area contributed by atoms with Crippen molar-refractivity contribution in [1.29, 1.82) is 0 Å². The van der Waals surface area contributed by atoms with Crippen molar-refractivity contribution in [3.05, 3.63) is 83.1 Å². The Morgan fingerprint density at radius 1 is 1.07 bits per heavy atom. The number of amides is 1. The zero-order valence-corrected chi connectivity index (χ0v) is 15.7. The van der Waals surface area contributed by atoms with E-state index in [2.05, 4.69) is 15.6 Å². The molecule has 3 rings (SSSR count). The predicted octanol–water partition coefficient (Wildman–Crippen LogP) is 4.46. The Kier molecular flexibility index (Phi) is 6.28. The Hall–Kier alpha value is -3.05. The second kappa shape index (κ2) is 9.05. The molecule has 0 saturated heterocycles. The summed E-state index contributed by atoms with van der Waals surface area (Å²) in [5, 5.41) is 6.79. The van der Waals surface area contributed by atoms with Gasteiger partial charge in [-0.2, -0.15) is 0 Å². The van der Waals surface area contributed by atoms with Crippen LogP contribution in [0.3, 0.4) is 0 Å². The normalized spacial score (nSPS) is 10.3. The lowest BCUT2D eigenvalue weighted by Gasteiger charge is -2.08. The minimum Gasteiger partial charge on any atom is -0.497 e. The minimum absolute atomic E-state index is 0.201. The van der Waals surface area contributed by atoms with Gasteiger partial charge in [-0.15, -0.1) is 0 Å². The number of carbonyl (C=O) groups is 1. The van der Waals surface area contributed by atoms with Crippen molar-refractivity contribution in [3.63, 3.8) is 0 Å². The van der Waals surface area contributed by atoms with E-state index in [1.54, 1.807) is 19.4 Å². The highest BCUT2D eigenvalue weighted by Crippen LogP contribution is 2.19. The molecular formula is C21H20ClN3O2. The lowest BCUT2D eigenvalue weighted by atomic mass is 10.1. The van der Waals surface area contributed by atoms with Crippen LogP contribution in [0.25, 0.3) is 0 Å². The van der Waals surface area contributed by atoms with Crippen molar-refractivity contribution < 1.29 is 9.53 Å². The first-order chi connectivity index (χ1) is 13.1. The first-order valence-electron chi connectivity index (χ1n) is 8.54. The van der Waals surface area contributed by atoms with Gasteiger partial charge < -0.3 is 15.4 Å². The number of methoxy groups -OCH3 is 1. The molecular weight excluding hydrogens is 362 g/mol. The van der Waals surface area contributed by atoms with Crippen LogP contribution in [0.15, 0.2) is 66.9 Å². The summed E-state index contributed by atoms with van der Waals surface area (Å²) in [7, 11) is 1.63. The summed E-state index contributed by atoms with van der Waals surface area (Å²) in [6.07, 6.45) is 2.35. The summed E-state index contributed by atoms with van der Waals surface area (Å²) < 4.78 is 5.14. The summed E-state index contributed by atoms with van der Waals surface area (Å²) >= 11 is 5.96. The van der Waals surface area contributed by atoms with Crippen LogP contribution in [0.5, 0.6) is 5.75 Å². The van der Waals surface area contributed by atoms with Gasteiger partial charge in [0.2, 0.25) is 0 Å². The van der Waals surface area contributed by atoms with E-state index in [0.29, 0.717) is 23.7 Å². The number of benzene rings is 2. The number of anilines is 2. The maximum absolute atomic E-state index is 12.2. The number of ether oxygens (including phenoxy) is 1. The molecule has 2 aromatic carbocycles. The number of hydrogen-bond donors (Lipinski definition) is 2. The molecule has 2 N–H and O–H groups in total. The highest BCUT2D eigenvalue weighted by Gasteiger charge is 2.07. The first kappa shape index (κ1) is 18.7. The molecule has 0 fully saturated rings. The number of carbonyl (C=O) groups excluding carboxylic acids is 1. The number of nitrogens with zero attached hydrogens (tertiary/aromatic N) is 1. The van der Waals surface area contributed by atoms with Gasteiger partial charge in [0.15, 0.2) is 0 Å². The highest BCUT2D eigenvalue weighted by atomic mass is 35.5. The lowest BCUT2D eigenvalue weighted by Crippen LogP contribution is -2.26. The van der Waals surface area contributed by atoms with E-state index in [4.69, 9.17) is 16.3 Å². The second-order valence-electron chi connectivity index (χ2n) is 5.92. The van der Waals surface area contributed by atoms with Gasteiger partial charge in [-0.05, 0) is 60.5 Å². The van der Waals surface area contributed by atoms with Gasteiger partial charge in [0.05, 0.1) is 19.0 Å². The topological polar surface area (TPSA) is 63.2 Å². The number of hydrogen-bond acceptors (Lipinski definition) is 4. The number of nitrogens with one attached hydrogen (secondary N) is 2. The van der Waals surface area contributed by atoms with Crippen LogP contribution in [0.1, 0.15) is 16.1 Å². The molecule has 6 heteroatoms. The van der Waals surface area contributed by atoms with Gasteiger partial charge >= 0.3 is 0 Å². The molecule has 0 radical (unpaired) electrons. The first-order valence-corrected chi connectivity index (χ1v) is 8.91. The fourth-order valence-corrected chi connectivity index (χ4v) is 2.76. The molecule has 138 valence electrons. The molecule has 0 atom stereocenters. The Morgan fingerprint density at radius 3 is 2.52 bits per heavy atom. The standard InChI is InChI=1S/C21H20ClN3O2/c1-27-19-8-5-17(6-9-19)25-18-7-10-20(24-14-18)21(26)23-12-11-15-3-2-4-16(22)13-15/h2-10,13-14,25H,11-12H2,1H3,(H,23,26). The summed E-state index contributed by atoms with van der Waals surface area (Å²) in [6, 6.07) is 18.7. The summed E-state index contributed by atoms with van der Waals surface area (Å²) in [5.41, 5.74) is 3.17. The third kappa shape index (κ3) is 5.46. The zero-order chi connectivity index (χ0) is 19.1. The van der Waals surface area contributed by atoms with Gasteiger partial charge in [0, 0.05) is 17.3 Å². The zero-order valence-electron chi connectivity index (χ0n) is 14.9. The van der Waals surface area contributed by atoms with Gasteiger partial charge in [-0.1, -0.05) is 23.7 Å². The molecule has 0 unspecified atom stereocenters. The Bertz CT molecular complexity index is 896. The molecule has 5 nitrogen and oxygen atoms in total. The molecule has 1 aromatic heterocycles. The SMILES string of the molecule is COc1ccc(Nc2ccc(C(=O)NCCc3cccc(Cl)c3)nc2)cc1. The van der Waals surface area contributed by atoms with E-state index in [1.165, 1.54) is 0 Å². The average molecular weight is 382 g/mol. The maximum atomic E-state index is 12.2. The summed E-state index contributed by atoms with van der Waals surface area (Å²) in [5.74, 6) is 0.594. The van der Waals surface area contributed by atoms with Crippen molar-refractivity contribution in [1.82, 2.24) is 10.3 Å². The summed E-state index contributed by atoms with van der Waals surface area (Å²) in [6.45, 7) is 0.521. The molecule has 0 spiro atoms. The second-order valence-corrected chi connectivity index (χ2v) is 6.36. The Labute approximate surface area is 163 Å². The average Bonchev–Trinajstić information content (AvgIpc) is 2.69. The van der Waals surface area contributed by atoms with Gasteiger partial charge in [0.25, 0.3) is 5.91 Å². The Balaban J connectivity index is 1.52. The van der Waals surface area contributed by atoms with E-state index >= 15 is 0 Å². The predicted molar refractivity (Wildman–Crippen MR) is 108 cm³/mol. The third-order valence-corrected chi connectivity index (χ3v) is 4.20. The molecule has 0 bridgehead atoms. The van der Waals surface area contributed by atoms with Crippen molar-refractivity contribution in [3.8, 4) is 5.75 Å². The van der Waals surface area contributed by atoms with Crippen molar-refractivity contribution in [2.75, 3.05) is 19.0 Å². The van der Waals surface area contributed by atoms with E-state index < -0.39 is 0 Å². The van der Waals surface area contributed by atoms with Crippen LogP contribution in [-0.2, 0) is 6.42 Å². The highest BCUT2D eigenvalue weighted by molar-refractivity contribution is 6.30. The maximum Gasteiger partial charge on any atom is 0.269 e. The van der Waals surface area contributed by atoms with Crippen molar-refractivity contribution >= 4 is 28.9 Å². The Morgan fingerprint density at radius 2 is 1.85 bits per heavy atom. The fourth-order valence-electron chi connectivity index (χ4n) is 2.55. The molecule has 1 amide bonds. The molecule has 1 heterocycles. The smallest absolute Gasteiger partial charge is 0.269 e. The van der Waals surface area contributed by atoms with Gasteiger partial charge in [-0.3, -0.25) is 4.79 Å². The third-order valence-electron chi connectivity index (χ3n) is 3.96. The number of aromatic nitrogens is 1.